The first kappa shape index (κ1) is 7.77. The topological polar surface area (TPSA) is 38.0 Å². The zero-order valence-corrected chi connectivity index (χ0v) is 7.09. The molecule has 0 spiro atoms. The normalized spacial score (nSPS) is 29.1. The van der Waals surface area contributed by atoms with Crippen LogP contribution in [0, 0.1) is 0 Å². The van der Waals surface area contributed by atoms with Crippen molar-refractivity contribution in [3.63, 3.8) is 0 Å². The van der Waals surface area contributed by atoms with Crippen molar-refractivity contribution in [3.05, 3.63) is 35.9 Å². The lowest BCUT2D eigenvalue weighted by Crippen LogP contribution is -2.38. The Hall–Kier alpha value is -0.860. The van der Waals surface area contributed by atoms with Crippen LogP contribution in [0.5, 0.6) is 0 Å². The molecule has 3 N–H and O–H groups in total. The Labute approximate surface area is 72.8 Å². The second kappa shape index (κ2) is 2.88. The van der Waals surface area contributed by atoms with E-state index >= 15 is 0 Å². The van der Waals surface area contributed by atoms with E-state index in [1.165, 1.54) is 5.56 Å². The van der Waals surface area contributed by atoms with Crippen molar-refractivity contribution >= 4 is 0 Å². The van der Waals surface area contributed by atoms with Gasteiger partial charge >= 0.3 is 0 Å². The van der Waals surface area contributed by atoms with Crippen molar-refractivity contribution in [1.82, 2.24) is 5.32 Å². The second-order valence-electron chi connectivity index (χ2n) is 3.45. The van der Waals surface area contributed by atoms with Crippen LogP contribution in [0.1, 0.15) is 12.0 Å². The van der Waals surface area contributed by atoms with Crippen LogP contribution in [-0.4, -0.2) is 13.1 Å². The molecule has 0 aromatic heterocycles. The maximum absolute atomic E-state index is 6.22. The minimum Gasteiger partial charge on any atom is -0.320 e. The molecule has 2 nitrogen and oxygen atoms in total. The van der Waals surface area contributed by atoms with Gasteiger partial charge in [0.2, 0.25) is 0 Å². The molecule has 64 valence electrons. The highest BCUT2D eigenvalue weighted by molar-refractivity contribution is 5.25. The fourth-order valence-corrected chi connectivity index (χ4v) is 1.73. The number of nitrogens with one attached hydrogen (secondary N) is 1. The number of hydrogen-bond donors (Lipinski definition) is 2. The highest BCUT2D eigenvalue weighted by Crippen LogP contribution is 2.23. The van der Waals surface area contributed by atoms with Crippen LogP contribution in [0.25, 0.3) is 0 Å². The van der Waals surface area contributed by atoms with E-state index in [2.05, 4.69) is 17.4 Å². The first-order chi connectivity index (χ1) is 5.81. The Morgan fingerprint density at radius 1 is 1.25 bits per heavy atom. The molecular formula is C10H14N2. The second-order valence-corrected chi connectivity index (χ2v) is 3.45. The summed E-state index contributed by atoms with van der Waals surface area (Å²) in [5.74, 6) is 0. The fourth-order valence-electron chi connectivity index (χ4n) is 1.73. The van der Waals surface area contributed by atoms with Gasteiger partial charge in [-0.05, 0) is 18.5 Å². The highest BCUT2D eigenvalue weighted by Gasteiger charge is 2.30. The molecule has 1 atom stereocenters. The Kier molecular flexibility index (Phi) is 1.87. The van der Waals surface area contributed by atoms with E-state index < -0.39 is 0 Å². The van der Waals surface area contributed by atoms with Gasteiger partial charge in [-0.15, -0.1) is 0 Å². The maximum Gasteiger partial charge on any atom is 0.0548 e. The summed E-state index contributed by atoms with van der Waals surface area (Å²) in [5, 5.41) is 3.29. The van der Waals surface area contributed by atoms with Crippen molar-refractivity contribution in [2.45, 2.75) is 12.0 Å². The molecule has 12 heavy (non-hydrogen) atoms. The summed E-state index contributed by atoms with van der Waals surface area (Å²) >= 11 is 0. The molecule has 1 heterocycles. The SMILES string of the molecule is NC1(c2ccccc2)CCNC1. The Bertz CT molecular complexity index is 250. The monoisotopic (exact) mass is 162 g/mol. The molecule has 0 aliphatic carbocycles. The number of hydrogen-bond acceptors (Lipinski definition) is 2. The largest absolute Gasteiger partial charge is 0.320 e. The van der Waals surface area contributed by atoms with Gasteiger partial charge in [-0.25, -0.2) is 0 Å². The van der Waals surface area contributed by atoms with E-state index in [4.69, 9.17) is 5.73 Å². The molecule has 0 saturated carbocycles. The number of rotatable bonds is 1. The summed E-state index contributed by atoms with van der Waals surface area (Å²) in [6, 6.07) is 10.3. The lowest BCUT2D eigenvalue weighted by Gasteiger charge is -2.22. The third-order valence-electron chi connectivity index (χ3n) is 2.54. The first-order valence-electron chi connectivity index (χ1n) is 4.36. The van der Waals surface area contributed by atoms with Crippen LogP contribution in [0.15, 0.2) is 30.3 Å². The molecule has 1 aliphatic rings. The quantitative estimate of drug-likeness (QED) is 0.642. The van der Waals surface area contributed by atoms with Gasteiger partial charge in [0.15, 0.2) is 0 Å². The molecular weight excluding hydrogens is 148 g/mol. The molecule has 2 rings (SSSR count). The van der Waals surface area contributed by atoms with Crippen LogP contribution in [0.4, 0.5) is 0 Å². The van der Waals surface area contributed by atoms with Crippen LogP contribution in [0.2, 0.25) is 0 Å². The molecule has 2 heteroatoms. The molecule has 1 saturated heterocycles. The average molecular weight is 162 g/mol. The molecule has 0 radical (unpaired) electrons. The fraction of sp³-hybridized carbons (Fsp3) is 0.400. The summed E-state index contributed by atoms with van der Waals surface area (Å²) in [6.45, 7) is 1.93. The van der Waals surface area contributed by atoms with Gasteiger partial charge in [0.1, 0.15) is 0 Å². The highest BCUT2D eigenvalue weighted by atomic mass is 15.0. The van der Waals surface area contributed by atoms with Crippen LogP contribution < -0.4 is 11.1 Å². The maximum atomic E-state index is 6.22. The van der Waals surface area contributed by atoms with Gasteiger partial charge in [-0.3, -0.25) is 0 Å². The number of benzene rings is 1. The van der Waals surface area contributed by atoms with Gasteiger partial charge < -0.3 is 11.1 Å². The first-order valence-corrected chi connectivity index (χ1v) is 4.36. The van der Waals surface area contributed by atoms with Gasteiger partial charge in [-0.2, -0.15) is 0 Å². The molecule has 1 aromatic rings. The van der Waals surface area contributed by atoms with Crippen molar-refractivity contribution < 1.29 is 0 Å². The van der Waals surface area contributed by atoms with Gasteiger partial charge in [0.25, 0.3) is 0 Å². The van der Waals surface area contributed by atoms with E-state index in [0.29, 0.717) is 0 Å². The van der Waals surface area contributed by atoms with Crippen LogP contribution in [0.3, 0.4) is 0 Å². The van der Waals surface area contributed by atoms with E-state index in [0.717, 1.165) is 19.5 Å². The Balaban J connectivity index is 2.29. The minimum absolute atomic E-state index is 0.124. The summed E-state index contributed by atoms with van der Waals surface area (Å²) in [7, 11) is 0. The standard InChI is InChI=1S/C10H14N2/c11-10(6-7-12-8-10)9-4-2-1-3-5-9/h1-5,12H,6-8,11H2. The summed E-state index contributed by atoms with van der Waals surface area (Å²) in [5.41, 5.74) is 7.34. The van der Waals surface area contributed by atoms with Crippen molar-refractivity contribution in [1.29, 1.82) is 0 Å². The van der Waals surface area contributed by atoms with Crippen molar-refractivity contribution in [3.8, 4) is 0 Å². The lowest BCUT2D eigenvalue weighted by atomic mass is 9.90. The zero-order valence-electron chi connectivity index (χ0n) is 7.09. The van der Waals surface area contributed by atoms with E-state index in [9.17, 15) is 0 Å². The van der Waals surface area contributed by atoms with Gasteiger partial charge in [0, 0.05) is 6.54 Å². The summed E-state index contributed by atoms with van der Waals surface area (Å²) in [6.07, 6.45) is 1.04. The molecule has 0 amide bonds. The molecule has 1 fully saturated rings. The predicted octanol–water partition coefficient (Wildman–Crippen LogP) is 0.834. The average Bonchev–Trinajstić information content (AvgIpc) is 2.55. The third kappa shape index (κ3) is 1.24. The number of nitrogens with two attached hydrogens (primary N) is 1. The minimum atomic E-state index is -0.124. The molecule has 1 aromatic carbocycles. The van der Waals surface area contributed by atoms with E-state index in [1.54, 1.807) is 0 Å². The predicted molar refractivity (Wildman–Crippen MR) is 49.8 cm³/mol. The van der Waals surface area contributed by atoms with Crippen LogP contribution in [-0.2, 0) is 5.54 Å². The van der Waals surface area contributed by atoms with E-state index in [-0.39, 0.29) is 5.54 Å². The molecule has 1 unspecified atom stereocenters. The van der Waals surface area contributed by atoms with Crippen LogP contribution >= 0.6 is 0 Å². The van der Waals surface area contributed by atoms with Crippen molar-refractivity contribution in [2.75, 3.05) is 13.1 Å². The van der Waals surface area contributed by atoms with Crippen molar-refractivity contribution in [2.24, 2.45) is 5.73 Å². The lowest BCUT2D eigenvalue weighted by molar-refractivity contribution is 0.494. The third-order valence-corrected chi connectivity index (χ3v) is 2.54. The Morgan fingerprint density at radius 3 is 2.58 bits per heavy atom. The zero-order chi connectivity index (χ0) is 8.44. The summed E-state index contributed by atoms with van der Waals surface area (Å²) in [4.78, 5) is 0. The Morgan fingerprint density at radius 2 is 2.00 bits per heavy atom. The van der Waals surface area contributed by atoms with E-state index in [1.807, 2.05) is 18.2 Å². The summed E-state index contributed by atoms with van der Waals surface area (Å²) < 4.78 is 0. The van der Waals surface area contributed by atoms with Gasteiger partial charge in [0.05, 0.1) is 5.54 Å². The van der Waals surface area contributed by atoms with Gasteiger partial charge in [-0.1, -0.05) is 30.3 Å². The molecule has 1 aliphatic heterocycles. The smallest absolute Gasteiger partial charge is 0.0548 e. The molecule has 0 bridgehead atoms.